The fraction of sp³-hybridized carbons (Fsp3) is 0.211. The molecule has 3 rings (SSSR count). The minimum atomic E-state index is -0.238. The van der Waals surface area contributed by atoms with Gasteiger partial charge in [0.25, 0.3) is 5.91 Å². The Labute approximate surface area is 140 Å². The summed E-state index contributed by atoms with van der Waals surface area (Å²) in [6.45, 7) is 2.63. The first-order valence-corrected chi connectivity index (χ1v) is 7.93. The standard InChI is InChI=1S/C19H18N4O/c1-2-3-11-21-17-15(13-20)16-10-7-12-23(16)18(17)19(24)22-14-8-5-4-6-9-14/h2-6,8-9,11H,7,10,12H2,1H3,(H,22,24)/b3-2+,21-11?. The van der Waals surface area contributed by atoms with Crippen molar-refractivity contribution in [2.75, 3.05) is 5.32 Å². The first-order valence-electron chi connectivity index (χ1n) is 7.93. The van der Waals surface area contributed by atoms with Gasteiger partial charge >= 0.3 is 0 Å². The van der Waals surface area contributed by atoms with Crippen LogP contribution in [0.1, 0.15) is 35.1 Å². The largest absolute Gasteiger partial charge is 0.337 e. The number of anilines is 1. The lowest BCUT2D eigenvalue weighted by atomic mass is 10.1. The number of allylic oxidation sites excluding steroid dienone is 2. The van der Waals surface area contributed by atoms with Crippen LogP contribution in [0.5, 0.6) is 0 Å². The first-order chi connectivity index (χ1) is 11.8. The Balaban J connectivity index is 2.05. The van der Waals surface area contributed by atoms with E-state index in [9.17, 15) is 10.1 Å². The lowest BCUT2D eigenvalue weighted by Crippen LogP contribution is -2.16. The summed E-state index contributed by atoms with van der Waals surface area (Å²) in [7, 11) is 0. The molecule has 0 bridgehead atoms. The zero-order valence-corrected chi connectivity index (χ0v) is 13.5. The lowest BCUT2D eigenvalue weighted by molar-refractivity contribution is 0.101. The van der Waals surface area contributed by atoms with Gasteiger partial charge in [-0.3, -0.25) is 9.79 Å². The van der Waals surface area contributed by atoms with Crippen molar-refractivity contribution in [3.05, 3.63) is 59.4 Å². The third-order valence-corrected chi connectivity index (χ3v) is 3.98. The van der Waals surface area contributed by atoms with Crippen LogP contribution in [0.2, 0.25) is 0 Å². The monoisotopic (exact) mass is 318 g/mol. The average Bonchev–Trinajstić information content (AvgIpc) is 3.15. The molecule has 120 valence electrons. The van der Waals surface area contributed by atoms with Gasteiger partial charge in [-0.2, -0.15) is 5.26 Å². The summed E-state index contributed by atoms with van der Waals surface area (Å²) in [5, 5.41) is 12.4. The predicted molar refractivity (Wildman–Crippen MR) is 94.8 cm³/mol. The number of amides is 1. The SMILES string of the molecule is C/C=C/C=Nc1c(C#N)c2n(c1C(=O)Nc1ccccc1)CCC2. The molecule has 0 saturated carbocycles. The number of benzene rings is 1. The van der Waals surface area contributed by atoms with Crippen molar-refractivity contribution in [1.82, 2.24) is 4.57 Å². The summed E-state index contributed by atoms with van der Waals surface area (Å²) in [5.41, 5.74) is 3.05. The van der Waals surface area contributed by atoms with Crippen molar-refractivity contribution in [3.63, 3.8) is 0 Å². The van der Waals surface area contributed by atoms with E-state index < -0.39 is 0 Å². The molecule has 0 spiro atoms. The van der Waals surface area contributed by atoms with Crippen molar-refractivity contribution in [1.29, 1.82) is 5.26 Å². The van der Waals surface area contributed by atoms with E-state index in [4.69, 9.17) is 0 Å². The molecule has 0 unspecified atom stereocenters. The van der Waals surface area contributed by atoms with Crippen LogP contribution < -0.4 is 5.32 Å². The van der Waals surface area contributed by atoms with Crippen molar-refractivity contribution in [2.45, 2.75) is 26.3 Å². The normalized spacial score (nSPS) is 13.3. The molecular weight excluding hydrogens is 300 g/mol. The fourth-order valence-electron chi connectivity index (χ4n) is 2.95. The van der Waals surface area contributed by atoms with E-state index in [0.29, 0.717) is 16.9 Å². The second-order valence-electron chi connectivity index (χ2n) is 5.51. The number of para-hydroxylation sites is 1. The molecule has 1 aromatic carbocycles. The van der Waals surface area contributed by atoms with Crippen LogP contribution in [0.3, 0.4) is 0 Å². The Morgan fingerprint density at radius 2 is 2.17 bits per heavy atom. The van der Waals surface area contributed by atoms with Crippen LogP contribution in [0, 0.1) is 11.3 Å². The summed E-state index contributed by atoms with van der Waals surface area (Å²) in [6.07, 6.45) is 6.99. The predicted octanol–water partition coefficient (Wildman–Crippen LogP) is 3.84. The maximum Gasteiger partial charge on any atom is 0.274 e. The van der Waals surface area contributed by atoms with E-state index in [2.05, 4.69) is 16.4 Å². The van der Waals surface area contributed by atoms with Crippen LogP contribution in [-0.2, 0) is 13.0 Å². The number of hydrogen-bond donors (Lipinski definition) is 1. The maximum absolute atomic E-state index is 12.8. The molecular formula is C19H18N4O. The molecule has 24 heavy (non-hydrogen) atoms. The van der Waals surface area contributed by atoms with E-state index >= 15 is 0 Å². The highest BCUT2D eigenvalue weighted by molar-refractivity contribution is 6.08. The van der Waals surface area contributed by atoms with Crippen molar-refractivity contribution >= 4 is 23.5 Å². The summed E-state index contributed by atoms with van der Waals surface area (Å²) < 4.78 is 1.93. The average molecular weight is 318 g/mol. The summed E-state index contributed by atoms with van der Waals surface area (Å²) in [6, 6.07) is 11.5. The van der Waals surface area contributed by atoms with Gasteiger partial charge in [-0.15, -0.1) is 0 Å². The number of nitrogens with one attached hydrogen (secondary N) is 1. The number of carbonyl (C=O) groups excluding carboxylic acids is 1. The maximum atomic E-state index is 12.8. The summed E-state index contributed by atoms with van der Waals surface area (Å²) in [5.74, 6) is -0.238. The molecule has 1 amide bonds. The molecule has 0 atom stereocenters. The van der Waals surface area contributed by atoms with Crippen molar-refractivity contribution in [2.24, 2.45) is 4.99 Å². The summed E-state index contributed by atoms with van der Waals surface area (Å²) in [4.78, 5) is 17.2. The highest BCUT2D eigenvalue weighted by atomic mass is 16.2. The number of hydrogen-bond acceptors (Lipinski definition) is 3. The second-order valence-corrected chi connectivity index (χ2v) is 5.51. The smallest absolute Gasteiger partial charge is 0.274 e. The van der Waals surface area contributed by atoms with Crippen molar-refractivity contribution in [3.8, 4) is 6.07 Å². The molecule has 0 radical (unpaired) electrons. The molecule has 2 heterocycles. The van der Waals surface area contributed by atoms with E-state index in [1.54, 1.807) is 12.3 Å². The van der Waals surface area contributed by atoms with Crippen LogP contribution in [-0.4, -0.2) is 16.7 Å². The lowest BCUT2D eigenvalue weighted by Gasteiger charge is -2.08. The molecule has 0 aliphatic carbocycles. The van der Waals surface area contributed by atoms with Crippen LogP contribution in [0.15, 0.2) is 47.5 Å². The van der Waals surface area contributed by atoms with Gasteiger partial charge in [0.15, 0.2) is 0 Å². The van der Waals surface area contributed by atoms with Gasteiger partial charge in [0.1, 0.15) is 17.5 Å². The number of carbonyl (C=O) groups is 1. The van der Waals surface area contributed by atoms with E-state index in [1.807, 2.05) is 47.9 Å². The number of nitrogens with zero attached hydrogens (tertiary/aromatic N) is 3. The molecule has 5 nitrogen and oxygen atoms in total. The molecule has 2 aromatic rings. The first kappa shape index (κ1) is 15.8. The Morgan fingerprint density at radius 3 is 2.88 bits per heavy atom. The van der Waals surface area contributed by atoms with Crippen molar-refractivity contribution < 1.29 is 4.79 Å². The van der Waals surface area contributed by atoms with E-state index in [0.717, 1.165) is 30.8 Å². The topological polar surface area (TPSA) is 70.2 Å². The number of nitriles is 1. The number of aromatic nitrogens is 1. The Bertz CT molecular complexity index is 854. The molecule has 1 aromatic heterocycles. The van der Waals surface area contributed by atoms with E-state index in [-0.39, 0.29) is 5.91 Å². The third-order valence-electron chi connectivity index (χ3n) is 3.98. The quantitative estimate of drug-likeness (QED) is 0.870. The van der Waals surface area contributed by atoms with Gasteiger partial charge in [0, 0.05) is 24.1 Å². The van der Waals surface area contributed by atoms with Gasteiger partial charge < -0.3 is 9.88 Å². The molecule has 0 saturated heterocycles. The molecule has 5 heteroatoms. The van der Waals surface area contributed by atoms with Crippen LogP contribution in [0.4, 0.5) is 11.4 Å². The van der Waals surface area contributed by atoms with Gasteiger partial charge in [-0.1, -0.05) is 24.3 Å². The van der Waals surface area contributed by atoms with Gasteiger partial charge in [0.05, 0.1) is 5.56 Å². The van der Waals surface area contributed by atoms with Gasteiger partial charge in [0.2, 0.25) is 0 Å². The van der Waals surface area contributed by atoms with Crippen LogP contribution >= 0.6 is 0 Å². The zero-order valence-electron chi connectivity index (χ0n) is 13.5. The minimum Gasteiger partial charge on any atom is -0.337 e. The molecule has 1 aliphatic heterocycles. The Morgan fingerprint density at radius 1 is 1.38 bits per heavy atom. The summed E-state index contributed by atoms with van der Waals surface area (Å²) >= 11 is 0. The number of fused-ring (bicyclic) bond motifs is 1. The Hall–Kier alpha value is -3.13. The molecule has 0 fully saturated rings. The fourth-order valence-corrected chi connectivity index (χ4v) is 2.95. The zero-order chi connectivity index (χ0) is 16.9. The highest BCUT2D eigenvalue weighted by Gasteiger charge is 2.29. The number of aliphatic imine (C=N–C) groups is 1. The van der Waals surface area contributed by atoms with E-state index in [1.165, 1.54) is 0 Å². The molecule has 1 N–H and O–H groups in total. The second kappa shape index (κ2) is 6.97. The Kier molecular flexibility index (Phi) is 4.57. The van der Waals surface area contributed by atoms with Crippen LogP contribution in [0.25, 0.3) is 0 Å². The number of rotatable bonds is 4. The minimum absolute atomic E-state index is 0.238. The van der Waals surface area contributed by atoms with Gasteiger partial charge in [-0.25, -0.2) is 0 Å². The highest BCUT2D eigenvalue weighted by Crippen LogP contribution is 2.35. The third kappa shape index (κ3) is 2.86. The molecule has 1 aliphatic rings. The van der Waals surface area contributed by atoms with Gasteiger partial charge in [-0.05, 0) is 38.0 Å².